The van der Waals surface area contributed by atoms with Gasteiger partial charge < -0.3 is 9.80 Å². The number of nitrogens with zero attached hydrogens (tertiary/aromatic N) is 2. The third kappa shape index (κ3) is 4.02. The minimum atomic E-state index is -0.434. The summed E-state index contributed by atoms with van der Waals surface area (Å²) in [6, 6.07) is 43.1. The van der Waals surface area contributed by atoms with Gasteiger partial charge in [0.15, 0.2) is 0 Å². The molecule has 0 N–H and O–H groups in total. The molecular weight excluding hydrogens is 653 g/mol. The van der Waals surface area contributed by atoms with Gasteiger partial charge in [0, 0.05) is 47.7 Å². The van der Waals surface area contributed by atoms with Crippen LogP contribution in [0.5, 0.6) is 0 Å². The molecule has 2 nitrogen and oxygen atoms in total. The molecule has 0 amide bonds. The summed E-state index contributed by atoms with van der Waals surface area (Å²) in [6.45, 7) is 21.3. The summed E-state index contributed by atoms with van der Waals surface area (Å²) in [6.07, 6.45) is 0. The highest BCUT2D eigenvalue weighted by Crippen LogP contribution is 2.66. The van der Waals surface area contributed by atoms with E-state index < -0.39 is 5.41 Å². The number of benzene rings is 6. The average molecular weight is 705 g/mol. The highest BCUT2D eigenvalue weighted by molar-refractivity contribution is 5.99. The van der Waals surface area contributed by atoms with Crippen molar-refractivity contribution in [1.82, 2.24) is 0 Å². The van der Waals surface area contributed by atoms with Gasteiger partial charge in [0.25, 0.3) is 0 Å². The molecular formula is C52H52N2. The van der Waals surface area contributed by atoms with E-state index in [1.54, 1.807) is 0 Å². The van der Waals surface area contributed by atoms with Crippen LogP contribution in [-0.4, -0.2) is 14.1 Å². The van der Waals surface area contributed by atoms with Crippen LogP contribution in [0.2, 0.25) is 0 Å². The molecule has 0 aromatic heterocycles. The van der Waals surface area contributed by atoms with Crippen molar-refractivity contribution in [3.63, 3.8) is 0 Å². The van der Waals surface area contributed by atoms with Gasteiger partial charge in [0.1, 0.15) is 0 Å². The second-order valence-corrected chi connectivity index (χ2v) is 19.0. The molecule has 1 spiro atoms. The van der Waals surface area contributed by atoms with Crippen molar-refractivity contribution in [1.29, 1.82) is 0 Å². The fraction of sp³-hybridized carbons (Fsp3) is 0.308. The summed E-state index contributed by atoms with van der Waals surface area (Å²) < 4.78 is 0. The Hall–Kier alpha value is -5.08. The molecule has 2 aliphatic carbocycles. The fourth-order valence-electron chi connectivity index (χ4n) is 10.8. The van der Waals surface area contributed by atoms with Crippen LogP contribution >= 0.6 is 0 Å². The van der Waals surface area contributed by atoms with E-state index in [0.717, 1.165) is 0 Å². The zero-order valence-corrected chi connectivity index (χ0v) is 33.9. The number of hydrogen-bond acceptors (Lipinski definition) is 2. The molecule has 0 saturated heterocycles. The maximum atomic E-state index is 2.60. The van der Waals surface area contributed by atoms with Crippen LogP contribution in [0, 0.1) is 0 Å². The van der Waals surface area contributed by atoms with Crippen molar-refractivity contribution >= 4 is 22.7 Å². The zero-order valence-electron chi connectivity index (χ0n) is 33.9. The summed E-state index contributed by atoms with van der Waals surface area (Å²) in [5, 5.41) is 0. The number of fused-ring (bicyclic) bond motifs is 14. The Balaban J connectivity index is 1.30. The molecule has 54 heavy (non-hydrogen) atoms. The Kier molecular flexibility index (Phi) is 6.55. The smallest absolute Gasteiger partial charge is 0.0727 e. The summed E-state index contributed by atoms with van der Waals surface area (Å²) in [5.74, 6) is 0.476. The summed E-state index contributed by atoms with van der Waals surface area (Å²) in [7, 11) is 4.55. The highest BCUT2D eigenvalue weighted by Gasteiger charge is 2.54. The molecule has 0 atom stereocenters. The molecule has 6 aromatic carbocycles. The van der Waals surface area contributed by atoms with Crippen molar-refractivity contribution in [2.75, 3.05) is 23.9 Å². The Morgan fingerprint density at radius 1 is 0.444 bits per heavy atom. The maximum absolute atomic E-state index is 2.60. The largest absolute Gasteiger partial charge is 0.344 e. The van der Waals surface area contributed by atoms with E-state index in [-0.39, 0.29) is 16.2 Å². The number of anilines is 4. The van der Waals surface area contributed by atoms with E-state index in [2.05, 4.69) is 195 Å². The van der Waals surface area contributed by atoms with Crippen LogP contribution in [-0.2, 0) is 21.7 Å². The predicted octanol–water partition coefficient (Wildman–Crippen LogP) is 13.3. The second kappa shape index (κ2) is 10.6. The standard InChI is InChI=1S/C52H52N2/c1-30(2)31-20-22-45-41(24-31)50(6,7)43-26-35-36-27-44-48(54(11)46-23-21-32(49(3,4)5)25-42(46)51(44,8)9)29-40(36)52(39(35)28-47(43)53(45)10)37-18-14-12-16-33(37)34-17-13-15-19-38(34)52/h12-30H,1-11H3. The minimum absolute atomic E-state index is 0.0735. The highest BCUT2D eigenvalue weighted by atomic mass is 15.1. The summed E-state index contributed by atoms with van der Waals surface area (Å²) in [5.41, 5.74) is 23.9. The predicted molar refractivity (Wildman–Crippen MR) is 229 cm³/mol. The fourth-order valence-corrected chi connectivity index (χ4v) is 10.8. The van der Waals surface area contributed by atoms with Gasteiger partial charge in [-0.2, -0.15) is 0 Å². The van der Waals surface area contributed by atoms with E-state index in [1.807, 2.05) is 0 Å². The average Bonchev–Trinajstić information content (AvgIpc) is 3.61. The normalized spacial score (nSPS) is 17.3. The van der Waals surface area contributed by atoms with Crippen molar-refractivity contribution in [3.05, 3.63) is 165 Å². The lowest BCUT2D eigenvalue weighted by Crippen LogP contribution is -2.33. The molecule has 6 aromatic rings. The van der Waals surface area contributed by atoms with Crippen molar-refractivity contribution < 1.29 is 0 Å². The molecule has 0 fully saturated rings. The topological polar surface area (TPSA) is 6.48 Å². The molecule has 4 aliphatic rings. The Morgan fingerprint density at radius 2 is 0.889 bits per heavy atom. The van der Waals surface area contributed by atoms with Gasteiger partial charge in [0.05, 0.1) is 5.41 Å². The van der Waals surface area contributed by atoms with Gasteiger partial charge in [-0.15, -0.1) is 0 Å². The first-order valence-corrected chi connectivity index (χ1v) is 19.9. The third-order valence-electron chi connectivity index (χ3n) is 14.0. The molecule has 10 rings (SSSR count). The molecule has 2 aliphatic heterocycles. The second-order valence-electron chi connectivity index (χ2n) is 19.0. The first-order chi connectivity index (χ1) is 25.6. The van der Waals surface area contributed by atoms with E-state index in [4.69, 9.17) is 0 Å². The maximum Gasteiger partial charge on any atom is 0.0727 e. The lowest BCUT2D eigenvalue weighted by molar-refractivity contribution is 0.580. The molecule has 0 unspecified atom stereocenters. The lowest BCUT2D eigenvalue weighted by atomic mass is 9.67. The van der Waals surface area contributed by atoms with Crippen LogP contribution in [0.25, 0.3) is 22.3 Å². The Morgan fingerprint density at radius 3 is 1.37 bits per heavy atom. The number of hydrogen-bond donors (Lipinski definition) is 0. The van der Waals surface area contributed by atoms with Gasteiger partial charge in [-0.25, -0.2) is 0 Å². The third-order valence-corrected chi connectivity index (χ3v) is 14.0. The molecule has 0 saturated carbocycles. The van der Waals surface area contributed by atoms with E-state index in [0.29, 0.717) is 5.92 Å². The van der Waals surface area contributed by atoms with E-state index >= 15 is 0 Å². The van der Waals surface area contributed by atoms with Crippen molar-refractivity contribution in [3.8, 4) is 22.3 Å². The quantitative estimate of drug-likeness (QED) is 0.168. The lowest BCUT2D eigenvalue weighted by Gasteiger charge is -2.42. The molecule has 0 radical (unpaired) electrons. The minimum Gasteiger partial charge on any atom is -0.344 e. The first kappa shape index (κ1) is 33.5. The number of rotatable bonds is 1. The molecule has 2 heteroatoms. The zero-order chi connectivity index (χ0) is 37.9. The van der Waals surface area contributed by atoms with Crippen LogP contribution in [0.3, 0.4) is 0 Å². The van der Waals surface area contributed by atoms with Gasteiger partial charge in [-0.1, -0.05) is 135 Å². The summed E-state index contributed by atoms with van der Waals surface area (Å²) in [4.78, 5) is 4.94. The Labute approximate surface area is 322 Å². The van der Waals surface area contributed by atoms with Crippen molar-refractivity contribution in [2.45, 2.75) is 89.9 Å². The SMILES string of the molecule is CC(C)c1ccc2c(c1)C(C)(C)c1cc3c(cc1N2C)C1(c2ccccc2-c2ccccc21)c1cc2c(cc1-3)C(C)(C)c1cc(C(C)(C)C)ccc1N2C. The van der Waals surface area contributed by atoms with Gasteiger partial charge in [-0.05, 0) is 126 Å². The van der Waals surface area contributed by atoms with E-state index in [9.17, 15) is 0 Å². The molecule has 270 valence electrons. The molecule has 0 bridgehead atoms. The Bertz CT molecular complexity index is 2560. The monoisotopic (exact) mass is 704 g/mol. The molecule has 2 heterocycles. The van der Waals surface area contributed by atoms with Crippen LogP contribution in [0.4, 0.5) is 22.7 Å². The van der Waals surface area contributed by atoms with Crippen LogP contribution in [0.15, 0.2) is 109 Å². The first-order valence-electron chi connectivity index (χ1n) is 19.9. The van der Waals surface area contributed by atoms with Gasteiger partial charge in [-0.3, -0.25) is 0 Å². The van der Waals surface area contributed by atoms with Gasteiger partial charge >= 0.3 is 0 Å². The van der Waals surface area contributed by atoms with Crippen LogP contribution in [0.1, 0.15) is 124 Å². The van der Waals surface area contributed by atoms with Crippen molar-refractivity contribution in [2.24, 2.45) is 0 Å². The van der Waals surface area contributed by atoms with Gasteiger partial charge in [0.2, 0.25) is 0 Å². The van der Waals surface area contributed by atoms with Crippen LogP contribution < -0.4 is 9.80 Å². The summed E-state index contributed by atoms with van der Waals surface area (Å²) >= 11 is 0. The van der Waals surface area contributed by atoms with E-state index in [1.165, 1.54) is 101 Å².